The van der Waals surface area contributed by atoms with Crippen LogP contribution in [0.4, 0.5) is 5.69 Å². The zero-order valence-corrected chi connectivity index (χ0v) is 11.4. The van der Waals surface area contributed by atoms with Crippen LogP contribution >= 0.6 is 0 Å². The van der Waals surface area contributed by atoms with Crippen molar-refractivity contribution in [1.82, 2.24) is 0 Å². The van der Waals surface area contributed by atoms with Crippen molar-refractivity contribution in [3.05, 3.63) is 41.0 Å². The molecule has 0 heterocycles. The molecule has 0 spiro atoms. The summed E-state index contributed by atoms with van der Waals surface area (Å²) in [4.78, 5) is 11.1. The van der Waals surface area contributed by atoms with Crippen molar-refractivity contribution in [2.75, 3.05) is 11.9 Å². The summed E-state index contributed by atoms with van der Waals surface area (Å²) < 4.78 is 0. The second-order valence-corrected chi connectivity index (χ2v) is 5.14. The van der Waals surface area contributed by atoms with Crippen molar-refractivity contribution in [3.8, 4) is 0 Å². The average Bonchev–Trinajstić information content (AvgIpc) is 2.39. The fraction of sp³-hybridized carbons (Fsp3) is 0.438. The zero-order chi connectivity index (χ0) is 13.7. The normalized spacial score (nSPS) is 14.9. The lowest BCUT2D eigenvalue weighted by molar-refractivity contribution is 0.0698. The van der Waals surface area contributed by atoms with Crippen LogP contribution in [0.5, 0.6) is 0 Å². The topological polar surface area (TPSA) is 49.3 Å². The van der Waals surface area contributed by atoms with E-state index < -0.39 is 5.97 Å². The summed E-state index contributed by atoms with van der Waals surface area (Å²) >= 11 is 0. The lowest BCUT2D eigenvalue weighted by atomic mass is 9.97. The van der Waals surface area contributed by atoms with Gasteiger partial charge in [-0.05, 0) is 56.7 Å². The number of carboxylic acid groups (broad SMARTS) is 1. The maximum absolute atomic E-state index is 11.1. The summed E-state index contributed by atoms with van der Waals surface area (Å²) in [6.07, 6.45) is 8.32. The van der Waals surface area contributed by atoms with Crippen LogP contribution in [0.1, 0.15) is 48.0 Å². The molecule has 102 valence electrons. The Morgan fingerprint density at radius 1 is 1.37 bits per heavy atom. The van der Waals surface area contributed by atoms with Crippen LogP contribution in [-0.2, 0) is 0 Å². The van der Waals surface area contributed by atoms with E-state index in [2.05, 4.69) is 11.4 Å². The molecule has 0 unspecified atom stereocenters. The molecule has 0 bridgehead atoms. The molecule has 1 aliphatic rings. The van der Waals surface area contributed by atoms with Crippen LogP contribution in [0.25, 0.3) is 0 Å². The van der Waals surface area contributed by atoms with Gasteiger partial charge in [-0.2, -0.15) is 0 Å². The fourth-order valence-electron chi connectivity index (χ4n) is 2.48. The van der Waals surface area contributed by atoms with Gasteiger partial charge in [0.25, 0.3) is 0 Å². The first kappa shape index (κ1) is 13.7. The summed E-state index contributed by atoms with van der Waals surface area (Å²) in [5, 5.41) is 12.4. The predicted molar refractivity (Wildman–Crippen MR) is 77.8 cm³/mol. The largest absolute Gasteiger partial charge is 0.478 e. The van der Waals surface area contributed by atoms with Gasteiger partial charge in [0.2, 0.25) is 0 Å². The van der Waals surface area contributed by atoms with Crippen LogP contribution in [0.3, 0.4) is 0 Å². The lowest BCUT2D eigenvalue weighted by Gasteiger charge is -2.14. The second kappa shape index (κ2) is 6.41. The number of allylic oxidation sites excluding steroid dienone is 1. The quantitative estimate of drug-likeness (QED) is 0.786. The molecular formula is C16H21NO2. The van der Waals surface area contributed by atoms with E-state index in [1.165, 1.54) is 31.3 Å². The molecular weight excluding hydrogens is 238 g/mol. The summed E-state index contributed by atoms with van der Waals surface area (Å²) in [7, 11) is 0. The Bertz CT molecular complexity index is 492. The third-order valence-corrected chi connectivity index (χ3v) is 3.55. The predicted octanol–water partition coefficient (Wildman–Crippen LogP) is 4.00. The maximum Gasteiger partial charge on any atom is 0.337 e. The molecule has 2 rings (SSSR count). The minimum Gasteiger partial charge on any atom is -0.478 e. The van der Waals surface area contributed by atoms with Crippen molar-refractivity contribution in [2.24, 2.45) is 0 Å². The summed E-state index contributed by atoms with van der Waals surface area (Å²) in [6, 6.07) is 5.40. The number of aryl methyl sites for hydroxylation is 1. The van der Waals surface area contributed by atoms with Gasteiger partial charge in [-0.25, -0.2) is 4.79 Å². The molecule has 3 heteroatoms. The van der Waals surface area contributed by atoms with Gasteiger partial charge in [0.05, 0.1) is 5.56 Å². The van der Waals surface area contributed by atoms with Gasteiger partial charge in [0.1, 0.15) is 0 Å². The SMILES string of the molecule is Cc1ccc(C(=O)O)c(NCCC2=CCCCC2)c1. The van der Waals surface area contributed by atoms with Crippen molar-refractivity contribution in [3.63, 3.8) is 0 Å². The molecule has 0 radical (unpaired) electrons. The molecule has 0 atom stereocenters. The van der Waals surface area contributed by atoms with Gasteiger partial charge in [0.15, 0.2) is 0 Å². The molecule has 3 nitrogen and oxygen atoms in total. The van der Waals surface area contributed by atoms with E-state index in [1.54, 1.807) is 6.07 Å². The summed E-state index contributed by atoms with van der Waals surface area (Å²) in [5.41, 5.74) is 3.65. The van der Waals surface area contributed by atoms with Gasteiger partial charge in [-0.15, -0.1) is 0 Å². The summed E-state index contributed by atoms with van der Waals surface area (Å²) in [5.74, 6) is -0.876. The van der Waals surface area contributed by atoms with Gasteiger partial charge in [0, 0.05) is 12.2 Å². The van der Waals surface area contributed by atoms with E-state index in [-0.39, 0.29) is 0 Å². The molecule has 0 amide bonds. The van der Waals surface area contributed by atoms with E-state index in [9.17, 15) is 4.79 Å². The molecule has 0 saturated heterocycles. The number of aromatic carboxylic acids is 1. The minimum absolute atomic E-state index is 0.350. The number of anilines is 1. The number of carbonyl (C=O) groups is 1. The Hall–Kier alpha value is -1.77. The zero-order valence-electron chi connectivity index (χ0n) is 11.4. The Kier molecular flexibility index (Phi) is 4.61. The Morgan fingerprint density at radius 2 is 2.21 bits per heavy atom. The average molecular weight is 259 g/mol. The third kappa shape index (κ3) is 3.85. The summed E-state index contributed by atoms with van der Waals surface area (Å²) in [6.45, 7) is 2.77. The minimum atomic E-state index is -0.876. The van der Waals surface area contributed by atoms with Gasteiger partial charge < -0.3 is 10.4 Å². The molecule has 1 aliphatic carbocycles. The van der Waals surface area contributed by atoms with E-state index in [4.69, 9.17) is 5.11 Å². The van der Waals surface area contributed by atoms with Gasteiger partial charge in [-0.1, -0.05) is 17.7 Å². The molecule has 0 saturated carbocycles. The smallest absolute Gasteiger partial charge is 0.337 e. The first-order valence-corrected chi connectivity index (χ1v) is 6.92. The van der Waals surface area contributed by atoms with Crippen molar-refractivity contribution < 1.29 is 9.90 Å². The highest BCUT2D eigenvalue weighted by atomic mass is 16.4. The van der Waals surface area contributed by atoms with Gasteiger partial charge >= 0.3 is 5.97 Å². The monoisotopic (exact) mass is 259 g/mol. The second-order valence-electron chi connectivity index (χ2n) is 5.14. The molecule has 0 aliphatic heterocycles. The van der Waals surface area contributed by atoms with E-state index >= 15 is 0 Å². The number of rotatable bonds is 5. The van der Waals surface area contributed by atoms with Crippen LogP contribution in [-0.4, -0.2) is 17.6 Å². The molecule has 1 aromatic rings. The molecule has 2 N–H and O–H groups in total. The van der Waals surface area contributed by atoms with E-state index in [0.717, 1.165) is 24.2 Å². The number of carboxylic acids is 1. The standard InChI is InChI=1S/C16H21NO2/c1-12-7-8-14(16(18)19)15(11-12)17-10-9-13-5-3-2-4-6-13/h5,7-8,11,17H,2-4,6,9-10H2,1H3,(H,18,19). The van der Waals surface area contributed by atoms with Crippen LogP contribution in [0, 0.1) is 6.92 Å². The Morgan fingerprint density at radius 3 is 2.89 bits per heavy atom. The fourth-order valence-corrected chi connectivity index (χ4v) is 2.48. The van der Waals surface area contributed by atoms with Crippen LogP contribution in [0.15, 0.2) is 29.8 Å². The van der Waals surface area contributed by atoms with Crippen molar-refractivity contribution in [1.29, 1.82) is 0 Å². The molecule has 1 aromatic carbocycles. The first-order chi connectivity index (χ1) is 9.16. The Labute approximate surface area is 114 Å². The van der Waals surface area contributed by atoms with Crippen molar-refractivity contribution in [2.45, 2.75) is 39.0 Å². The van der Waals surface area contributed by atoms with Crippen LogP contribution in [0.2, 0.25) is 0 Å². The van der Waals surface area contributed by atoms with E-state index in [0.29, 0.717) is 5.56 Å². The van der Waals surface area contributed by atoms with Crippen molar-refractivity contribution >= 4 is 11.7 Å². The van der Waals surface area contributed by atoms with Gasteiger partial charge in [-0.3, -0.25) is 0 Å². The highest BCUT2D eigenvalue weighted by molar-refractivity contribution is 5.94. The van der Waals surface area contributed by atoms with Crippen LogP contribution < -0.4 is 5.32 Å². The Balaban J connectivity index is 1.96. The third-order valence-electron chi connectivity index (χ3n) is 3.55. The maximum atomic E-state index is 11.1. The number of hydrogen-bond acceptors (Lipinski definition) is 2. The highest BCUT2D eigenvalue weighted by Crippen LogP contribution is 2.21. The van der Waals surface area contributed by atoms with E-state index in [1.807, 2.05) is 19.1 Å². The number of hydrogen-bond donors (Lipinski definition) is 2. The molecule has 19 heavy (non-hydrogen) atoms. The first-order valence-electron chi connectivity index (χ1n) is 6.92. The lowest BCUT2D eigenvalue weighted by Crippen LogP contribution is -2.09. The number of benzene rings is 1. The number of nitrogens with one attached hydrogen (secondary N) is 1. The molecule has 0 fully saturated rings. The highest BCUT2D eigenvalue weighted by Gasteiger charge is 2.10. The molecule has 0 aromatic heterocycles.